The lowest BCUT2D eigenvalue weighted by atomic mass is 10.1. The van der Waals surface area contributed by atoms with E-state index in [-0.39, 0.29) is 0 Å². The van der Waals surface area contributed by atoms with Crippen molar-refractivity contribution in [3.05, 3.63) is 53.2 Å². The van der Waals surface area contributed by atoms with Crippen LogP contribution in [-0.4, -0.2) is 4.98 Å². The number of nitrogens with two attached hydrogens (primary N) is 1. The van der Waals surface area contributed by atoms with Crippen LogP contribution in [0.3, 0.4) is 0 Å². The third-order valence-corrected chi connectivity index (χ3v) is 2.47. The van der Waals surface area contributed by atoms with Crippen LogP contribution < -0.4 is 5.73 Å². The molecule has 0 spiro atoms. The molecule has 2 N–H and O–H groups in total. The summed E-state index contributed by atoms with van der Waals surface area (Å²) < 4.78 is 0. The van der Waals surface area contributed by atoms with Gasteiger partial charge in [-0.3, -0.25) is 4.98 Å². The molecular formula is C12H11ClN2. The molecule has 0 atom stereocenters. The molecule has 0 unspecified atom stereocenters. The fourth-order valence-corrected chi connectivity index (χ4v) is 1.70. The predicted molar refractivity (Wildman–Crippen MR) is 62.6 cm³/mol. The second-order valence-corrected chi connectivity index (χ2v) is 3.65. The maximum absolute atomic E-state index is 6.12. The van der Waals surface area contributed by atoms with Gasteiger partial charge in [0, 0.05) is 18.3 Å². The maximum Gasteiger partial charge on any atom is 0.0888 e. The number of nitrogens with zero attached hydrogens (tertiary/aromatic N) is 1. The SMILES string of the molecule is NCc1cnc(-c2ccccc2)c(Cl)c1. The molecule has 1 aromatic heterocycles. The van der Waals surface area contributed by atoms with E-state index in [0.29, 0.717) is 11.6 Å². The number of rotatable bonds is 2. The normalized spacial score (nSPS) is 10.3. The molecule has 0 aliphatic heterocycles. The van der Waals surface area contributed by atoms with E-state index in [1.54, 1.807) is 6.20 Å². The number of aromatic nitrogens is 1. The number of hydrogen-bond donors (Lipinski definition) is 1. The Morgan fingerprint density at radius 3 is 2.53 bits per heavy atom. The van der Waals surface area contributed by atoms with Crippen LogP contribution >= 0.6 is 11.6 Å². The molecule has 0 saturated carbocycles. The average molecular weight is 219 g/mol. The van der Waals surface area contributed by atoms with Gasteiger partial charge in [0.15, 0.2) is 0 Å². The lowest BCUT2D eigenvalue weighted by Gasteiger charge is -2.04. The van der Waals surface area contributed by atoms with E-state index in [0.717, 1.165) is 16.8 Å². The molecule has 0 aliphatic carbocycles. The van der Waals surface area contributed by atoms with Crippen molar-refractivity contribution in [3.8, 4) is 11.3 Å². The van der Waals surface area contributed by atoms with E-state index in [9.17, 15) is 0 Å². The van der Waals surface area contributed by atoms with Crippen LogP contribution in [0.5, 0.6) is 0 Å². The highest BCUT2D eigenvalue weighted by Gasteiger charge is 2.04. The summed E-state index contributed by atoms with van der Waals surface area (Å²) >= 11 is 6.12. The van der Waals surface area contributed by atoms with E-state index < -0.39 is 0 Å². The minimum absolute atomic E-state index is 0.460. The number of halogens is 1. The Kier molecular flexibility index (Phi) is 2.99. The molecule has 15 heavy (non-hydrogen) atoms. The molecule has 3 heteroatoms. The maximum atomic E-state index is 6.12. The molecule has 1 heterocycles. The van der Waals surface area contributed by atoms with Crippen molar-refractivity contribution in [1.82, 2.24) is 4.98 Å². The monoisotopic (exact) mass is 218 g/mol. The van der Waals surface area contributed by atoms with Gasteiger partial charge in [-0.2, -0.15) is 0 Å². The second-order valence-electron chi connectivity index (χ2n) is 3.24. The molecule has 2 aromatic rings. The molecule has 1 aromatic carbocycles. The van der Waals surface area contributed by atoms with Crippen LogP contribution in [0.25, 0.3) is 11.3 Å². The first kappa shape index (κ1) is 10.1. The van der Waals surface area contributed by atoms with Crippen LogP contribution in [-0.2, 0) is 6.54 Å². The van der Waals surface area contributed by atoms with Crippen molar-refractivity contribution in [2.24, 2.45) is 5.73 Å². The molecular weight excluding hydrogens is 208 g/mol. The van der Waals surface area contributed by atoms with E-state index in [4.69, 9.17) is 17.3 Å². The van der Waals surface area contributed by atoms with Gasteiger partial charge in [0.05, 0.1) is 10.7 Å². The molecule has 2 nitrogen and oxygen atoms in total. The van der Waals surface area contributed by atoms with Gasteiger partial charge in [-0.25, -0.2) is 0 Å². The Bertz CT molecular complexity index is 454. The lowest BCUT2D eigenvalue weighted by Crippen LogP contribution is -1.97. The van der Waals surface area contributed by atoms with Gasteiger partial charge >= 0.3 is 0 Å². The molecule has 0 fully saturated rings. The standard InChI is InChI=1S/C12H11ClN2/c13-11-6-9(7-14)8-15-12(11)10-4-2-1-3-5-10/h1-6,8H,7,14H2. The van der Waals surface area contributed by atoms with Crippen LogP contribution in [0.2, 0.25) is 5.02 Å². The van der Waals surface area contributed by atoms with E-state index in [2.05, 4.69) is 4.98 Å². The summed E-state index contributed by atoms with van der Waals surface area (Å²) in [7, 11) is 0. The second kappa shape index (κ2) is 4.43. The topological polar surface area (TPSA) is 38.9 Å². The van der Waals surface area contributed by atoms with E-state index in [1.807, 2.05) is 36.4 Å². The van der Waals surface area contributed by atoms with Gasteiger partial charge in [0.2, 0.25) is 0 Å². The summed E-state index contributed by atoms with van der Waals surface area (Å²) in [6.07, 6.45) is 1.76. The van der Waals surface area contributed by atoms with Crippen molar-refractivity contribution in [2.75, 3.05) is 0 Å². The molecule has 0 bridgehead atoms. The van der Waals surface area contributed by atoms with Gasteiger partial charge in [0.25, 0.3) is 0 Å². The molecule has 76 valence electrons. The lowest BCUT2D eigenvalue weighted by molar-refractivity contribution is 1.05. The quantitative estimate of drug-likeness (QED) is 0.842. The average Bonchev–Trinajstić information content (AvgIpc) is 2.30. The van der Waals surface area contributed by atoms with Crippen molar-refractivity contribution in [2.45, 2.75) is 6.54 Å². The van der Waals surface area contributed by atoms with Crippen LogP contribution in [0.1, 0.15) is 5.56 Å². The van der Waals surface area contributed by atoms with Gasteiger partial charge in [-0.15, -0.1) is 0 Å². The van der Waals surface area contributed by atoms with Gasteiger partial charge < -0.3 is 5.73 Å². The third kappa shape index (κ3) is 2.17. The first-order chi connectivity index (χ1) is 7.31. The Labute approximate surface area is 93.7 Å². The minimum Gasteiger partial charge on any atom is -0.326 e. The molecule has 0 radical (unpaired) electrons. The fraction of sp³-hybridized carbons (Fsp3) is 0.0833. The first-order valence-electron chi connectivity index (χ1n) is 4.71. The summed E-state index contributed by atoms with van der Waals surface area (Å²) in [5.41, 5.74) is 8.27. The predicted octanol–water partition coefficient (Wildman–Crippen LogP) is 2.86. The number of pyridine rings is 1. The molecule has 0 saturated heterocycles. The number of benzene rings is 1. The first-order valence-corrected chi connectivity index (χ1v) is 5.09. The molecule has 0 aliphatic rings. The highest BCUT2D eigenvalue weighted by atomic mass is 35.5. The van der Waals surface area contributed by atoms with E-state index in [1.165, 1.54) is 0 Å². The fourth-order valence-electron chi connectivity index (χ4n) is 1.40. The highest BCUT2D eigenvalue weighted by molar-refractivity contribution is 6.33. The zero-order valence-corrected chi connectivity index (χ0v) is 8.91. The summed E-state index contributed by atoms with van der Waals surface area (Å²) in [6, 6.07) is 11.7. The van der Waals surface area contributed by atoms with Crippen molar-refractivity contribution in [3.63, 3.8) is 0 Å². The van der Waals surface area contributed by atoms with Crippen LogP contribution in [0.4, 0.5) is 0 Å². The highest BCUT2D eigenvalue weighted by Crippen LogP contribution is 2.25. The zero-order valence-electron chi connectivity index (χ0n) is 8.15. The van der Waals surface area contributed by atoms with Gasteiger partial charge in [-0.1, -0.05) is 41.9 Å². The van der Waals surface area contributed by atoms with Crippen molar-refractivity contribution in [1.29, 1.82) is 0 Å². The van der Waals surface area contributed by atoms with Crippen LogP contribution in [0, 0.1) is 0 Å². The summed E-state index contributed by atoms with van der Waals surface area (Å²) in [5, 5.41) is 0.643. The summed E-state index contributed by atoms with van der Waals surface area (Å²) in [5.74, 6) is 0. The molecule has 2 rings (SSSR count). The minimum atomic E-state index is 0.460. The van der Waals surface area contributed by atoms with Crippen LogP contribution in [0.15, 0.2) is 42.6 Å². The largest absolute Gasteiger partial charge is 0.326 e. The Balaban J connectivity index is 2.46. The Hall–Kier alpha value is -1.38. The smallest absolute Gasteiger partial charge is 0.0888 e. The Morgan fingerprint density at radius 1 is 1.20 bits per heavy atom. The zero-order chi connectivity index (χ0) is 10.7. The summed E-state index contributed by atoms with van der Waals surface area (Å²) in [6.45, 7) is 0.460. The third-order valence-electron chi connectivity index (χ3n) is 2.18. The summed E-state index contributed by atoms with van der Waals surface area (Å²) in [4.78, 5) is 4.31. The van der Waals surface area contributed by atoms with Crippen molar-refractivity contribution >= 4 is 11.6 Å². The van der Waals surface area contributed by atoms with Gasteiger partial charge in [0.1, 0.15) is 0 Å². The Morgan fingerprint density at radius 2 is 1.93 bits per heavy atom. The van der Waals surface area contributed by atoms with E-state index >= 15 is 0 Å². The number of hydrogen-bond acceptors (Lipinski definition) is 2. The van der Waals surface area contributed by atoms with Gasteiger partial charge in [-0.05, 0) is 11.6 Å². The van der Waals surface area contributed by atoms with Crippen molar-refractivity contribution < 1.29 is 0 Å². The molecule has 0 amide bonds.